The molecule has 0 spiro atoms. The van der Waals surface area contributed by atoms with Crippen molar-refractivity contribution in [1.82, 2.24) is 5.32 Å². The van der Waals surface area contributed by atoms with Gasteiger partial charge in [-0.3, -0.25) is 5.32 Å². The van der Waals surface area contributed by atoms with Crippen LogP contribution in [-0.2, 0) is 5.41 Å². The summed E-state index contributed by atoms with van der Waals surface area (Å²) in [5, 5.41) is 7.29. The predicted molar refractivity (Wildman–Crippen MR) is 83.5 cm³/mol. The lowest BCUT2D eigenvalue weighted by Gasteiger charge is -2.53. The summed E-state index contributed by atoms with van der Waals surface area (Å²) in [5.41, 5.74) is 2.52. The molecule has 0 saturated heterocycles. The number of fused-ring (bicyclic) bond motifs is 1. The molecule has 1 aliphatic heterocycles. The molecule has 1 aliphatic rings. The largest absolute Gasteiger partial charge is 0.369 e. The molecular weight excluding hydrogens is 232 g/mol. The van der Waals surface area contributed by atoms with Gasteiger partial charge in [0.15, 0.2) is 0 Å². The highest BCUT2D eigenvalue weighted by Crippen LogP contribution is 2.50. The maximum Gasteiger partial charge on any atom is 0.0833 e. The number of nitrogens with one attached hydrogen (secondary N) is 2. The molecule has 2 N–H and O–H groups in total. The first-order valence-electron chi connectivity index (χ1n) is 7.08. The van der Waals surface area contributed by atoms with Crippen LogP contribution in [0.2, 0.25) is 0 Å². The van der Waals surface area contributed by atoms with Gasteiger partial charge in [0, 0.05) is 22.6 Å². The van der Waals surface area contributed by atoms with Gasteiger partial charge in [0.2, 0.25) is 0 Å². The summed E-state index contributed by atoms with van der Waals surface area (Å²) >= 11 is 0. The van der Waals surface area contributed by atoms with Crippen molar-refractivity contribution in [2.24, 2.45) is 5.41 Å². The second-order valence-electron chi connectivity index (χ2n) is 6.57. The second kappa shape index (κ2) is 4.68. The molecule has 1 aromatic carbocycles. The summed E-state index contributed by atoms with van der Waals surface area (Å²) in [6, 6.07) is 8.99. The predicted octanol–water partition coefficient (Wildman–Crippen LogP) is 3.91. The minimum Gasteiger partial charge on any atom is -0.369 e. The van der Waals surface area contributed by atoms with Crippen molar-refractivity contribution < 1.29 is 0 Å². The van der Waals surface area contributed by atoms with Crippen molar-refractivity contribution in [2.45, 2.75) is 52.2 Å². The standard InChI is InChI=1S/C17H26N2/c1-7-17(6)13-10-8-9-11-14(13)19-15(16(17,4)5)18-12(2)3/h7-12,15,18-19H,1H2,2-6H3. The van der Waals surface area contributed by atoms with Crippen molar-refractivity contribution in [2.75, 3.05) is 5.32 Å². The van der Waals surface area contributed by atoms with Crippen LogP contribution in [0.1, 0.15) is 40.2 Å². The summed E-state index contributed by atoms with van der Waals surface area (Å²) in [7, 11) is 0. The zero-order valence-corrected chi connectivity index (χ0v) is 12.7. The average molecular weight is 258 g/mol. The number of rotatable bonds is 3. The Morgan fingerprint density at radius 2 is 1.89 bits per heavy atom. The Labute approximate surface area is 117 Å². The van der Waals surface area contributed by atoms with Gasteiger partial charge < -0.3 is 5.32 Å². The van der Waals surface area contributed by atoms with Crippen LogP contribution in [0.25, 0.3) is 0 Å². The molecule has 2 atom stereocenters. The zero-order valence-electron chi connectivity index (χ0n) is 12.7. The minimum absolute atomic E-state index is 0.0351. The van der Waals surface area contributed by atoms with E-state index in [1.54, 1.807) is 0 Å². The maximum atomic E-state index is 4.11. The van der Waals surface area contributed by atoms with E-state index in [-0.39, 0.29) is 17.0 Å². The van der Waals surface area contributed by atoms with Crippen molar-refractivity contribution >= 4 is 5.69 Å². The van der Waals surface area contributed by atoms with Gasteiger partial charge in [-0.1, -0.05) is 45.0 Å². The topological polar surface area (TPSA) is 24.1 Å². The SMILES string of the molecule is C=CC1(C)c2ccccc2NC(NC(C)C)C1(C)C. The molecule has 19 heavy (non-hydrogen) atoms. The van der Waals surface area contributed by atoms with E-state index in [0.717, 1.165) is 0 Å². The third kappa shape index (κ3) is 2.08. The van der Waals surface area contributed by atoms with E-state index in [0.29, 0.717) is 6.04 Å². The Kier molecular flexibility index (Phi) is 3.48. The Bertz CT molecular complexity index is 476. The first kappa shape index (κ1) is 14.1. The van der Waals surface area contributed by atoms with E-state index >= 15 is 0 Å². The summed E-state index contributed by atoms with van der Waals surface area (Å²) in [4.78, 5) is 0. The molecule has 104 valence electrons. The highest BCUT2D eigenvalue weighted by atomic mass is 15.2. The van der Waals surface area contributed by atoms with Gasteiger partial charge in [-0.05, 0) is 25.5 Å². The third-order valence-corrected chi connectivity index (χ3v) is 4.75. The third-order valence-electron chi connectivity index (χ3n) is 4.75. The van der Waals surface area contributed by atoms with E-state index in [2.05, 4.69) is 82.2 Å². The molecule has 1 heterocycles. The first-order valence-corrected chi connectivity index (χ1v) is 7.08. The highest BCUT2D eigenvalue weighted by molar-refractivity contribution is 5.60. The van der Waals surface area contributed by atoms with E-state index in [1.807, 2.05) is 0 Å². The number of hydrogen-bond donors (Lipinski definition) is 2. The van der Waals surface area contributed by atoms with Crippen LogP contribution in [0.4, 0.5) is 5.69 Å². The van der Waals surface area contributed by atoms with Gasteiger partial charge in [0.05, 0.1) is 6.17 Å². The van der Waals surface area contributed by atoms with E-state index in [1.165, 1.54) is 11.3 Å². The van der Waals surface area contributed by atoms with Crippen LogP contribution in [0, 0.1) is 5.41 Å². The lowest BCUT2D eigenvalue weighted by Crippen LogP contribution is -2.60. The molecule has 2 rings (SSSR count). The van der Waals surface area contributed by atoms with Gasteiger partial charge in [0.1, 0.15) is 0 Å². The zero-order chi connectivity index (χ0) is 14.3. The monoisotopic (exact) mass is 258 g/mol. The smallest absolute Gasteiger partial charge is 0.0833 e. The van der Waals surface area contributed by atoms with Crippen molar-refractivity contribution in [3.63, 3.8) is 0 Å². The minimum atomic E-state index is -0.0542. The van der Waals surface area contributed by atoms with E-state index in [9.17, 15) is 0 Å². The fourth-order valence-electron chi connectivity index (χ4n) is 3.00. The molecule has 0 radical (unpaired) electrons. The van der Waals surface area contributed by atoms with Crippen LogP contribution in [-0.4, -0.2) is 12.2 Å². The lowest BCUT2D eigenvalue weighted by molar-refractivity contribution is 0.150. The number of hydrogen-bond acceptors (Lipinski definition) is 2. The molecule has 0 aliphatic carbocycles. The Morgan fingerprint density at radius 1 is 1.26 bits per heavy atom. The van der Waals surface area contributed by atoms with Crippen LogP contribution in [0.3, 0.4) is 0 Å². The van der Waals surface area contributed by atoms with Crippen molar-refractivity contribution in [1.29, 1.82) is 0 Å². The number of benzene rings is 1. The van der Waals surface area contributed by atoms with E-state index < -0.39 is 0 Å². The lowest BCUT2D eigenvalue weighted by atomic mass is 9.59. The van der Waals surface area contributed by atoms with Gasteiger partial charge in [-0.2, -0.15) is 0 Å². The van der Waals surface area contributed by atoms with Gasteiger partial charge in [-0.25, -0.2) is 0 Å². The van der Waals surface area contributed by atoms with Crippen LogP contribution in [0.15, 0.2) is 36.9 Å². The molecule has 0 amide bonds. The molecule has 0 fully saturated rings. The molecule has 1 aromatic rings. The molecule has 0 bridgehead atoms. The van der Waals surface area contributed by atoms with Gasteiger partial charge in [0.25, 0.3) is 0 Å². The van der Waals surface area contributed by atoms with Crippen LogP contribution < -0.4 is 10.6 Å². The summed E-state index contributed by atoms with van der Waals surface area (Å²) in [6.07, 6.45) is 2.33. The molecular formula is C17H26N2. The Morgan fingerprint density at radius 3 is 2.47 bits per heavy atom. The summed E-state index contributed by atoms with van der Waals surface area (Å²) in [6.45, 7) is 15.4. The second-order valence-corrected chi connectivity index (χ2v) is 6.57. The summed E-state index contributed by atoms with van der Waals surface area (Å²) < 4.78 is 0. The van der Waals surface area contributed by atoms with Gasteiger partial charge in [-0.15, -0.1) is 6.58 Å². The number of allylic oxidation sites excluding steroid dienone is 1. The maximum absolute atomic E-state index is 4.11. The summed E-state index contributed by atoms with van der Waals surface area (Å²) in [5.74, 6) is 0. The highest BCUT2D eigenvalue weighted by Gasteiger charge is 2.49. The van der Waals surface area contributed by atoms with Crippen LogP contribution in [0.5, 0.6) is 0 Å². The van der Waals surface area contributed by atoms with Crippen molar-refractivity contribution in [3.8, 4) is 0 Å². The van der Waals surface area contributed by atoms with E-state index in [4.69, 9.17) is 0 Å². The Balaban J connectivity index is 2.54. The van der Waals surface area contributed by atoms with Crippen LogP contribution >= 0.6 is 0 Å². The molecule has 2 nitrogen and oxygen atoms in total. The normalized spacial score (nSPS) is 28.6. The fraction of sp³-hybridized carbons (Fsp3) is 0.529. The molecule has 2 unspecified atom stereocenters. The fourth-order valence-corrected chi connectivity index (χ4v) is 3.00. The quantitative estimate of drug-likeness (QED) is 0.803. The van der Waals surface area contributed by atoms with Crippen molar-refractivity contribution in [3.05, 3.63) is 42.5 Å². The average Bonchev–Trinajstić information content (AvgIpc) is 2.35. The molecule has 0 aromatic heterocycles. The Hall–Kier alpha value is -1.28. The number of para-hydroxylation sites is 1. The first-order chi connectivity index (χ1) is 8.83. The molecule has 0 saturated carbocycles. The van der Waals surface area contributed by atoms with Gasteiger partial charge >= 0.3 is 0 Å². The number of anilines is 1. The molecule has 2 heteroatoms.